The van der Waals surface area contributed by atoms with Crippen LogP contribution < -0.4 is 5.32 Å². The molecular formula is C17H13FN2O. The number of hydrogen-bond acceptors (Lipinski definition) is 2. The van der Waals surface area contributed by atoms with E-state index in [0.717, 1.165) is 19.3 Å². The highest BCUT2D eigenvalue weighted by Crippen LogP contribution is 2.23. The number of carbonyl (C=O) groups is 1. The van der Waals surface area contributed by atoms with Gasteiger partial charge in [0.1, 0.15) is 11.9 Å². The van der Waals surface area contributed by atoms with Crippen molar-refractivity contribution in [1.29, 1.82) is 5.26 Å². The van der Waals surface area contributed by atoms with Crippen molar-refractivity contribution >= 4 is 11.6 Å². The standard InChI is InChI=1S/C17H13FN2O/c18-16-7-6-15(9-14(16)10-19)20-17(21)13-5-4-11-2-1-3-12(11)8-13/h4-9H,1-3H2,(H,20,21). The van der Waals surface area contributed by atoms with E-state index in [0.29, 0.717) is 11.3 Å². The number of aryl methyl sites for hydroxylation is 2. The molecule has 0 heterocycles. The van der Waals surface area contributed by atoms with Crippen LogP contribution in [-0.4, -0.2) is 5.91 Å². The van der Waals surface area contributed by atoms with E-state index in [4.69, 9.17) is 5.26 Å². The lowest BCUT2D eigenvalue weighted by molar-refractivity contribution is 0.102. The number of amides is 1. The number of carbonyl (C=O) groups excluding carboxylic acids is 1. The first-order valence-corrected chi connectivity index (χ1v) is 6.80. The first kappa shape index (κ1) is 13.3. The third kappa shape index (κ3) is 2.63. The number of benzene rings is 2. The number of halogens is 1. The van der Waals surface area contributed by atoms with Crippen LogP contribution in [0, 0.1) is 17.1 Å². The monoisotopic (exact) mass is 280 g/mol. The zero-order valence-electron chi connectivity index (χ0n) is 11.3. The van der Waals surface area contributed by atoms with Gasteiger partial charge in [-0.05, 0) is 60.7 Å². The van der Waals surface area contributed by atoms with Gasteiger partial charge in [0.05, 0.1) is 5.56 Å². The fraction of sp³-hybridized carbons (Fsp3) is 0.176. The molecule has 104 valence electrons. The van der Waals surface area contributed by atoms with Gasteiger partial charge in [-0.3, -0.25) is 4.79 Å². The summed E-state index contributed by atoms with van der Waals surface area (Å²) in [6.45, 7) is 0. The van der Waals surface area contributed by atoms with Crippen molar-refractivity contribution in [2.75, 3.05) is 5.32 Å². The van der Waals surface area contributed by atoms with E-state index in [2.05, 4.69) is 5.32 Å². The maximum absolute atomic E-state index is 13.2. The van der Waals surface area contributed by atoms with Crippen molar-refractivity contribution in [2.24, 2.45) is 0 Å². The van der Waals surface area contributed by atoms with Gasteiger partial charge < -0.3 is 5.32 Å². The van der Waals surface area contributed by atoms with Crippen LogP contribution in [0.25, 0.3) is 0 Å². The van der Waals surface area contributed by atoms with E-state index in [-0.39, 0.29) is 11.5 Å². The quantitative estimate of drug-likeness (QED) is 0.916. The maximum Gasteiger partial charge on any atom is 0.255 e. The van der Waals surface area contributed by atoms with Gasteiger partial charge in [0, 0.05) is 11.3 Å². The summed E-state index contributed by atoms with van der Waals surface area (Å²) in [7, 11) is 0. The molecule has 1 N–H and O–H groups in total. The molecule has 1 aliphatic carbocycles. The third-order valence-electron chi connectivity index (χ3n) is 3.71. The molecule has 0 saturated heterocycles. The highest BCUT2D eigenvalue weighted by atomic mass is 19.1. The van der Waals surface area contributed by atoms with Crippen LogP contribution in [0.2, 0.25) is 0 Å². The molecule has 3 nitrogen and oxygen atoms in total. The SMILES string of the molecule is N#Cc1cc(NC(=O)c2ccc3c(c2)CCC3)ccc1F. The predicted molar refractivity (Wildman–Crippen MR) is 77.5 cm³/mol. The maximum atomic E-state index is 13.2. The Bertz CT molecular complexity index is 762. The van der Waals surface area contributed by atoms with E-state index in [1.54, 1.807) is 12.1 Å². The molecule has 0 atom stereocenters. The molecule has 0 aromatic heterocycles. The first-order chi connectivity index (χ1) is 10.2. The number of rotatable bonds is 2. The topological polar surface area (TPSA) is 52.9 Å². The molecule has 4 heteroatoms. The number of nitrogens with one attached hydrogen (secondary N) is 1. The molecule has 0 unspecified atom stereocenters. The molecule has 0 spiro atoms. The van der Waals surface area contributed by atoms with Gasteiger partial charge in [0.25, 0.3) is 5.91 Å². The smallest absolute Gasteiger partial charge is 0.255 e. The second kappa shape index (κ2) is 5.37. The summed E-state index contributed by atoms with van der Waals surface area (Å²) >= 11 is 0. The molecule has 21 heavy (non-hydrogen) atoms. The molecule has 3 rings (SSSR count). The second-order valence-electron chi connectivity index (χ2n) is 5.10. The van der Waals surface area contributed by atoms with Crippen molar-refractivity contribution in [2.45, 2.75) is 19.3 Å². The molecule has 1 amide bonds. The van der Waals surface area contributed by atoms with Gasteiger partial charge in [-0.25, -0.2) is 4.39 Å². The van der Waals surface area contributed by atoms with Gasteiger partial charge in [-0.1, -0.05) is 6.07 Å². The molecule has 2 aromatic rings. The number of fused-ring (bicyclic) bond motifs is 1. The van der Waals surface area contributed by atoms with Gasteiger partial charge in [-0.15, -0.1) is 0 Å². The number of anilines is 1. The fourth-order valence-electron chi connectivity index (χ4n) is 2.61. The van der Waals surface area contributed by atoms with Crippen LogP contribution in [0.15, 0.2) is 36.4 Å². The molecule has 0 saturated carbocycles. The van der Waals surface area contributed by atoms with Crippen molar-refractivity contribution in [1.82, 2.24) is 0 Å². The molecule has 0 radical (unpaired) electrons. The van der Waals surface area contributed by atoms with E-state index in [1.165, 1.54) is 29.3 Å². The molecule has 0 bridgehead atoms. The fourth-order valence-corrected chi connectivity index (χ4v) is 2.61. The van der Waals surface area contributed by atoms with Crippen LogP contribution >= 0.6 is 0 Å². The summed E-state index contributed by atoms with van der Waals surface area (Å²) in [4.78, 5) is 12.2. The Hall–Kier alpha value is -2.67. The molecule has 1 aliphatic rings. The third-order valence-corrected chi connectivity index (χ3v) is 3.71. The first-order valence-electron chi connectivity index (χ1n) is 6.80. The highest BCUT2D eigenvalue weighted by molar-refractivity contribution is 6.04. The van der Waals surface area contributed by atoms with Gasteiger partial charge >= 0.3 is 0 Å². The summed E-state index contributed by atoms with van der Waals surface area (Å²) in [6, 6.07) is 11.4. The largest absolute Gasteiger partial charge is 0.322 e. The van der Waals surface area contributed by atoms with Crippen LogP contribution in [0.1, 0.15) is 33.5 Å². The molecule has 2 aromatic carbocycles. The second-order valence-corrected chi connectivity index (χ2v) is 5.10. The highest BCUT2D eigenvalue weighted by Gasteiger charge is 2.14. The van der Waals surface area contributed by atoms with Crippen LogP contribution in [0.4, 0.5) is 10.1 Å². The Morgan fingerprint density at radius 1 is 1.14 bits per heavy atom. The van der Waals surface area contributed by atoms with E-state index < -0.39 is 5.82 Å². The summed E-state index contributed by atoms with van der Waals surface area (Å²) in [5.41, 5.74) is 3.44. The van der Waals surface area contributed by atoms with Crippen LogP contribution in [-0.2, 0) is 12.8 Å². The Morgan fingerprint density at radius 3 is 2.76 bits per heavy atom. The van der Waals surface area contributed by atoms with Crippen molar-refractivity contribution in [3.63, 3.8) is 0 Å². The Kier molecular flexibility index (Phi) is 3.41. The molecule has 0 fully saturated rings. The van der Waals surface area contributed by atoms with Gasteiger partial charge in [0.2, 0.25) is 0 Å². The average molecular weight is 280 g/mol. The number of nitriles is 1. The van der Waals surface area contributed by atoms with E-state index in [1.807, 2.05) is 12.1 Å². The van der Waals surface area contributed by atoms with Crippen LogP contribution in [0.5, 0.6) is 0 Å². The van der Waals surface area contributed by atoms with Crippen molar-refractivity contribution in [3.05, 3.63) is 64.5 Å². The average Bonchev–Trinajstić information content (AvgIpc) is 2.96. The Morgan fingerprint density at radius 2 is 1.95 bits per heavy atom. The lowest BCUT2D eigenvalue weighted by atomic mass is 10.1. The summed E-state index contributed by atoms with van der Waals surface area (Å²) < 4.78 is 13.2. The van der Waals surface area contributed by atoms with Crippen molar-refractivity contribution < 1.29 is 9.18 Å². The summed E-state index contributed by atoms with van der Waals surface area (Å²) in [5, 5.41) is 11.5. The van der Waals surface area contributed by atoms with E-state index >= 15 is 0 Å². The predicted octanol–water partition coefficient (Wildman–Crippen LogP) is 3.44. The zero-order chi connectivity index (χ0) is 14.8. The number of nitrogens with zero attached hydrogens (tertiary/aromatic N) is 1. The van der Waals surface area contributed by atoms with Crippen molar-refractivity contribution in [3.8, 4) is 6.07 Å². The Labute approximate surface area is 122 Å². The van der Waals surface area contributed by atoms with Gasteiger partial charge in [-0.2, -0.15) is 5.26 Å². The summed E-state index contributed by atoms with van der Waals surface area (Å²) in [6.07, 6.45) is 3.20. The molecule has 0 aliphatic heterocycles. The number of hydrogen-bond donors (Lipinski definition) is 1. The minimum absolute atomic E-state index is 0.0817. The normalized spacial score (nSPS) is 12.6. The Balaban J connectivity index is 1.82. The van der Waals surface area contributed by atoms with Gasteiger partial charge in [0.15, 0.2) is 0 Å². The van der Waals surface area contributed by atoms with Crippen LogP contribution in [0.3, 0.4) is 0 Å². The zero-order valence-corrected chi connectivity index (χ0v) is 11.3. The lowest BCUT2D eigenvalue weighted by Crippen LogP contribution is -2.12. The minimum atomic E-state index is -0.590. The lowest BCUT2D eigenvalue weighted by Gasteiger charge is -2.07. The molecular weight excluding hydrogens is 267 g/mol. The van der Waals surface area contributed by atoms with E-state index in [9.17, 15) is 9.18 Å². The minimum Gasteiger partial charge on any atom is -0.322 e. The summed E-state index contributed by atoms with van der Waals surface area (Å²) in [5.74, 6) is -0.840.